The van der Waals surface area contributed by atoms with E-state index in [9.17, 15) is 8.42 Å². The Morgan fingerprint density at radius 1 is 1.47 bits per heavy atom. The first-order valence-electron chi connectivity index (χ1n) is 4.48. The van der Waals surface area contributed by atoms with E-state index >= 15 is 0 Å². The third-order valence-electron chi connectivity index (χ3n) is 2.08. The zero-order valence-electron chi connectivity index (χ0n) is 8.78. The van der Waals surface area contributed by atoms with E-state index < -0.39 is 10.2 Å². The highest BCUT2D eigenvalue weighted by molar-refractivity contribution is 7.91. The van der Waals surface area contributed by atoms with Crippen molar-refractivity contribution >= 4 is 21.7 Å². The lowest BCUT2D eigenvalue weighted by molar-refractivity contribution is 0.416. The Balaban J connectivity index is 2.70. The number of anilines is 1. The summed E-state index contributed by atoms with van der Waals surface area (Å²) in [6, 6.07) is 4.93. The van der Waals surface area contributed by atoms with Crippen molar-refractivity contribution in [1.82, 2.24) is 0 Å². The van der Waals surface area contributed by atoms with E-state index in [2.05, 4.69) is 19.5 Å². The van der Waals surface area contributed by atoms with Gasteiger partial charge < -0.3 is 10.6 Å². The fourth-order valence-electron chi connectivity index (χ4n) is 1.43. The van der Waals surface area contributed by atoms with Crippen LogP contribution in [0.5, 0.6) is 5.75 Å². The SMILES string of the molecule is COc1cccc2c1NS(=O)(=O)N=C2N=NN. The number of rotatable bonds is 1. The molecule has 0 aromatic heterocycles. The smallest absolute Gasteiger partial charge is 0.344 e. The molecule has 1 aliphatic heterocycles. The minimum Gasteiger partial charge on any atom is -0.495 e. The lowest BCUT2D eigenvalue weighted by atomic mass is 10.1. The molecule has 0 atom stereocenters. The molecule has 1 aromatic carbocycles. The van der Waals surface area contributed by atoms with Gasteiger partial charge in [-0.25, -0.2) is 0 Å². The van der Waals surface area contributed by atoms with Crippen LogP contribution < -0.4 is 15.3 Å². The second-order valence-corrected chi connectivity index (χ2v) is 4.43. The molecule has 1 aliphatic rings. The van der Waals surface area contributed by atoms with Crippen LogP contribution in [-0.2, 0) is 10.2 Å². The summed E-state index contributed by atoms with van der Waals surface area (Å²) in [5.74, 6) is 5.19. The van der Waals surface area contributed by atoms with Gasteiger partial charge in [0, 0.05) is 0 Å². The summed E-state index contributed by atoms with van der Waals surface area (Å²) in [6.45, 7) is 0. The molecule has 0 saturated heterocycles. The Bertz CT molecular complexity index is 608. The minimum absolute atomic E-state index is 0.0832. The van der Waals surface area contributed by atoms with Crippen molar-refractivity contribution in [1.29, 1.82) is 0 Å². The van der Waals surface area contributed by atoms with Crippen LogP contribution in [0, 0.1) is 0 Å². The van der Waals surface area contributed by atoms with Crippen LogP contribution in [0.3, 0.4) is 0 Å². The second kappa shape index (κ2) is 4.01. The van der Waals surface area contributed by atoms with E-state index in [0.29, 0.717) is 11.3 Å². The minimum atomic E-state index is -3.85. The zero-order chi connectivity index (χ0) is 12.5. The fraction of sp³-hybridized carbons (Fsp3) is 0.125. The second-order valence-electron chi connectivity index (χ2n) is 3.09. The van der Waals surface area contributed by atoms with Crippen molar-refractivity contribution in [2.24, 2.45) is 20.6 Å². The summed E-state index contributed by atoms with van der Waals surface area (Å²) in [7, 11) is -2.42. The topological polar surface area (TPSA) is 118 Å². The maximum absolute atomic E-state index is 11.5. The first-order chi connectivity index (χ1) is 8.07. The molecule has 0 bridgehead atoms. The van der Waals surface area contributed by atoms with Crippen LogP contribution in [0.25, 0.3) is 0 Å². The van der Waals surface area contributed by atoms with Crippen molar-refractivity contribution in [2.45, 2.75) is 0 Å². The summed E-state index contributed by atoms with van der Waals surface area (Å²) >= 11 is 0. The molecule has 0 saturated carbocycles. The van der Waals surface area contributed by atoms with Gasteiger partial charge in [0.05, 0.1) is 12.7 Å². The molecule has 0 fully saturated rings. The highest BCUT2D eigenvalue weighted by atomic mass is 32.2. The Morgan fingerprint density at radius 2 is 2.24 bits per heavy atom. The molecular weight excluding hydrogens is 246 g/mol. The quantitative estimate of drug-likeness (QED) is 0.430. The molecule has 8 nitrogen and oxygen atoms in total. The van der Waals surface area contributed by atoms with Gasteiger partial charge in [-0.2, -0.15) is 8.42 Å². The molecule has 3 N–H and O–H groups in total. The number of nitrogens with two attached hydrogens (primary N) is 1. The average molecular weight is 255 g/mol. The first kappa shape index (κ1) is 11.3. The van der Waals surface area contributed by atoms with Crippen molar-refractivity contribution in [3.05, 3.63) is 23.8 Å². The average Bonchev–Trinajstić information content (AvgIpc) is 2.27. The van der Waals surface area contributed by atoms with Gasteiger partial charge >= 0.3 is 10.2 Å². The molecule has 2 rings (SSSR count). The van der Waals surface area contributed by atoms with Crippen LogP contribution in [-0.4, -0.2) is 21.4 Å². The Hall–Kier alpha value is -2.16. The molecule has 90 valence electrons. The lowest BCUT2D eigenvalue weighted by Crippen LogP contribution is -2.20. The third-order valence-corrected chi connectivity index (χ3v) is 2.95. The normalized spacial score (nSPS) is 17.1. The largest absolute Gasteiger partial charge is 0.495 e. The van der Waals surface area contributed by atoms with Crippen molar-refractivity contribution in [3.63, 3.8) is 0 Å². The Labute approximate surface area is 97.4 Å². The number of hydrogen-bond donors (Lipinski definition) is 2. The monoisotopic (exact) mass is 255 g/mol. The van der Waals surface area contributed by atoms with E-state index in [1.165, 1.54) is 7.11 Å². The number of methoxy groups -OCH3 is 1. The summed E-state index contributed by atoms with van der Waals surface area (Å²) in [5.41, 5.74) is 0.723. The Kier molecular flexibility index (Phi) is 2.68. The van der Waals surface area contributed by atoms with E-state index in [1.54, 1.807) is 18.2 Å². The third kappa shape index (κ3) is 2.04. The highest BCUT2D eigenvalue weighted by Crippen LogP contribution is 2.33. The number of fused-ring (bicyclic) bond motifs is 1. The summed E-state index contributed by atoms with van der Waals surface area (Å²) in [4.78, 5) is 0. The molecule has 0 unspecified atom stereocenters. The van der Waals surface area contributed by atoms with Crippen molar-refractivity contribution in [3.8, 4) is 5.75 Å². The molecule has 0 radical (unpaired) electrons. The van der Waals surface area contributed by atoms with E-state index in [0.717, 1.165) is 0 Å². The number of nitrogens with zero attached hydrogens (tertiary/aromatic N) is 3. The summed E-state index contributed by atoms with van der Waals surface area (Å²) in [6.07, 6.45) is 0. The molecule has 17 heavy (non-hydrogen) atoms. The number of benzene rings is 1. The molecule has 9 heteroatoms. The Morgan fingerprint density at radius 3 is 2.88 bits per heavy atom. The van der Waals surface area contributed by atoms with Crippen LogP contribution in [0.15, 0.2) is 32.9 Å². The standard InChI is InChI=1S/C8H9N5O3S/c1-16-6-4-2-3-5-7(6)11-17(14,15)12-8(5)10-13-9/h2-4,11H,1H3,(H2,9,10,12). The van der Waals surface area contributed by atoms with Gasteiger partial charge in [0.2, 0.25) is 0 Å². The van der Waals surface area contributed by atoms with Crippen molar-refractivity contribution in [2.75, 3.05) is 11.8 Å². The number of nitrogens with one attached hydrogen (secondary N) is 1. The van der Waals surface area contributed by atoms with Gasteiger partial charge in [0.1, 0.15) is 11.4 Å². The lowest BCUT2D eigenvalue weighted by Gasteiger charge is -2.17. The van der Waals surface area contributed by atoms with Crippen LogP contribution in [0.2, 0.25) is 0 Å². The van der Waals surface area contributed by atoms with Gasteiger partial charge in [-0.05, 0) is 12.1 Å². The van der Waals surface area contributed by atoms with E-state index in [4.69, 9.17) is 10.6 Å². The molecule has 0 spiro atoms. The van der Waals surface area contributed by atoms with Gasteiger partial charge in [-0.1, -0.05) is 11.3 Å². The number of amidine groups is 1. The highest BCUT2D eigenvalue weighted by Gasteiger charge is 2.25. The van der Waals surface area contributed by atoms with Gasteiger partial charge in [0.25, 0.3) is 0 Å². The van der Waals surface area contributed by atoms with Crippen LogP contribution in [0.4, 0.5) is 5.69 Å². The molecular formula is C8H9N5O3S. The molecule has 1 heterocycles. The number of hydrogen-bond acceptors (Lipinski definition) is 5. The summed E-state index contributed by atoms with van der Waals surface area (Å²) < 4.78 is 33.7. The van der Waals surface area contributed by atoms with Gasteiger partial charge in [-0.3, -0.25) is 4.72 Å². The fourth-order valence-corrected chi connectivity index (χ4v) is 2.31. The predicted molar refractivity (Wildman–Crippen MR) is 61.1 cm³/mol. The van der Waals surface area contributed by atoms with Crippen LogP contribution >= 0.6 is 0 Å². The van der Waals surface area contributed by atoms with Gasteiger partial charge in [0.15, 0.2) is 5.84 Å². The van der Waals surface area contributed by atoms with Crippen LogP contribution in [0.1, 0.15) is 5.56 Å². The van der Waals surface area contributed by atoms with Crippen molar-refractivity contribution < 1.29 is 13.2 Å². The predicted octanol–water partition coefficient (Wildman–Crippen LogP) is 0.438. The number of para-hydroxylation sites is 1. The van der Waals surface area contributed by atoms with E-state index in [1.807, 2.05) is 0 Å². The first-order valence-corrected chi connectivity index (χ1v) is 5.92. The molecule has 0 aliphatic carbocycles. The van der Waals surface area contributed by atoms with Gasteiger partial charge in [-0.15, -0.1) is 9.51 Å². The maximum atomic E-state index is 11.5. The maximum Gasteiger partial charge on any atom is 0.344 e. The summed E-state index contributed by atoms with van der Waals surface area (Å²) in [5, 5.41) is 6.51. The molecule has 0 amide bonds. The zero-order valence-corrected chi connectivity index (χ0v) is 9.60. The number of ether oxygens (including phenoxy) is 1. The van der Waals surface area contributed by atoms with E-state index in [-0.39, 0.29) is 11.5 Å². The molecule has 1 aromatic rings.